The fourth-order valence-corrected chi connectivity index (χ4v) is 4.70. The third-order valence-electron chi connectivity index (χ3n) is 6.01. The number of sulfonamides is 1. The number of amides is 2. The summed E-state index contributed by atoms with van der Waals surface area (Å²) < 4.78 is 39.9. The Hall–Kier alpha value is -2.94. The van der Waals surface area contributed by atoms with Crippen LogP contribution in [0.15, 0.2) is 48.5 Å². The largest absolute Gasteiger partial charge is 0.354 e. The molecule has 2 aromatic carbocycles. The Bertz CT molecular complexity index is 1100. The third kappa shape index (κ3) is 8.33. The van der Waals surface area contributed by atoms with E-state index in [4.69, 9.17) is 0 Å². The van der Waals surface area contributed by atoms with Crippen LogP contribution >= 0.6 is 0 Å². The SMILES string of the molecule is CCCCNC(=O)[C@@H](CC)N(Cc1ccc(F)cc1)C(=O)CN(c1ccc(C(C)C)cc1)S(C)(=O)=O. The molecule has 1 atom stereocenters. The quantitative estimate of drug-likeness (QED) is 0.397. The van der Waals surface area contributed by atoms with E-state index in [2.05, 4.69) is 5.32 Å². The van der Waals surface area contributed by atoms with E-state index < -0.39 is 34.3 Å². The van der Waals surface area contributed by atoms with Crippen molar-refractivity contribution in [2.75, 3.05) is 23.7 Å². The van der Waals surface area contributed by atoms with Gasteiger partial charge in [-0.2, -0.15) is 0 Å². The van der Waals surface area contributed by atoms with E-state index in [1.54, 1.807) is 31.2 Å². The third-order valence-corrected chi connectivity index (χ3v) is 7.15. The highest BCUT2D eigenvalue weighted by Crippen LogP contribution is 2.23. The Kier molecular flexibility index (Phi) is 10.9. The summed E-state index contributed by atoms with van der Waals surface area (Å²) in [7, 11) is -3.79. The second kappa shape index (κ2) is 13.4. The number of carbonyl (C=O) groups excluding carboxylic acids is 2. The van der Waals surface area contributed by atoms with Crippen LogP contribution in [0.2, 0.25) is 0 Å². The van der Waals surface area contributed by atoms with Crippen molar-refractivity contribution < 1.29 is 22.4 Å². The second-order valence-corrected chi connectivity index (χ2v) is 11.1. The van der Waals surface area contributed by atoms with E-state index in [1.807, 2.05) is 32.9 Å². The van der Waals surface area contributed by atoms with Crippen LogP contribution in [-0.2, 0) is 26.2 Å². The molecular weight excluding hydrogens is 481 g/mol. The molecular formula is C27H38FN3O4S. The highest BCUT2D eigenvalue weighted by Gasteiger charge is 2.31. The summed E-state index contributed by atoms with van der Waals surface area (Å²) in [6.45, 7) is 7.97. The molecule has 0 saturated heterocycles. The monoisotopic (exact) mass is 519 g/mol. The average Bonchev–Trinajstić information content (AvgIpc) is 2.83. The fourth-order valence-electron chi connectivity index (χ4n) is 3.85. The Balaban J connectivity index is 2.39. The number of rotatable bonds is 13. The minimum absolute atomic E-state index is 0.0444. The molecule has 0 unspecified atom stereocenters. The van der Waals surface area contributed by atoms with Crippen molar-refractivity contribution >= 4 is 27.5 Å². The van der Waals surface area contributed by atoms with Crippen molar-refractivity contribution in [2.45, 2.75) is 65.5 Å². The van der Waals surface area contributed by atoms with Gasteiger partial charge in [0.25, 0.3) is 0 Å². The summed E-state index contributed by atoms with van der Waals surface area (Å²) in [6.07, 6.45) is 3.11. The molecule has 9 heteroatoms. The zero-order chi connectivity index (χ0) is 26.9. The molecule has 0 radical (unpaired) electrons. The van der Waals surface area contributed by atoms with Gasteiger partial charge in [0.15, 0.2) is 0 Å². The van der Waals surface area contributed by atoms with E-state index in [0.717, 1.165) is 29.0 Å². The Morgan fingerprint density at radius 1 is 1.00 bits per heavy atom. The number of halogens is 1. The smallest absolute Gasteiger partial charge is 0.244 e. The van der Waals surface area contributed by atoms with Crippen LogP contribution in [0.5, 0.6) is 0 Å². The Labute approximate surface area is 214 Å². The molecule has 0 aliphatic heterocycles. The molecule has 2 amide bonds. The van der Waals surface area contributed by atoms with Gasteiger partial charge in [-0.1, -0.05) is 58.4 Å². The van der Waals surface area contributed by atoms with Crippen LogP contribution in [0.25, 0.3) is 0 Å². The van der Waals surface area contributed by atoms with Gasteiger partial charge < -0.3 is 10.2 Å². The van der Waals surface area contributed by atoms with Gasteiger partial charge >= 0.3 is 0 Å². The van der Waals surface area contributed by atoms with E-state index in [0.29, 0.717) is 24.2 Å². The molecule has 0 aliphatic carbocycles. The zero-order valence-electron chi connectivity index (χ0n) is 21.8. The standard InChI is InChI=1S/C27H38FN3O4S/c1-6-8-17-29-27(33)25(7-2)30(18-21-9-13-23(28)14-10-21)26(32)19-31(36(5,34)35)24-15-11-22(12-16-24)20(3)4/h9-16,20,25H,6-8,17-19H2,1-5H3,(H,29,33)/t25-/m1/s1. The minimum atomic E-state index is -3.79. The van der Waals surface area contributed by atoms with Crippen molar-refractivity contribution in [3.8, 4) is 0 Å². The maximum atomic E-state index is 13.6. The molecule has 0 spiro atoms. The maximum Gasteiger partial charge on any atom is 0.244 e. The van der Waals surface area contributed by atoms with Gasteiger partial charge in [0.2, 0.25) is 21.8 Å². The van der Waals surface area contributed by atoms with E-state index in [-0.39, 0.29) is 18.4 Å². The summed E-state index contributed by atoms with van der Waals surface area (Å²) in [6, 6.07) is 11.9. The first-order valence-electron chi connectivity index (χ1n) is 12.4. The average molecular weight is 520 g/mol. The lowest BCUT2D eigenvalue weighted by atomic mass is 10.0. The molecule has 0 bridgehead atoms. The van der Waals surface area contributed by atoms with Crippen molar-refractivity contribution in [2.24, 2.45) is 0 Å². The zero-order valence-corrected chi connectivity index (χ0v) is 22.6. The first-order chi connectivity index (χ1) is 17.0. The summed E-state index contributed by atoms with van der Waals surface area (Å²) >= 11 is 0. The molecule has 0 heterocycles. The van der Waals surface area contributed by atoms with Gasteiger partial charge in [-0.25, -0.2) is 12.8 Å². The predicted molar refractivity (Wildman–Crippen MR) is 142 cm³/mol. The Morgan fingerprint density at radius 3 is 2.11 bits per heavy atom. The molecule has 7 nitrogen and oxygen atoms in total. The van der Waals surface area contributed by atoms with Crippen molar-refractivity contribution in [3.63, 3.8) is 0 Å². The molecule has 0 saturated carbocycles. The highest BCUT2D eigenvalue weighted by molar-refractivity contribution is 7.92. The number of hydrogen-bond acceptors (Lipinski definition) is 4. The van der Waals surface area contributed by atoms with Crippen molar-refractivity contribution in [1.82, 2.24) is 10.2 Å². The number of benzene rings is 2. The second-order valence-electron chi connectivity index (χ2n) is 9.23. The summed E-state index contributed by atoms with van der Waals surface area (Å²) in [5, 5.41) is 2.87. The van der Waals surface area contributed by atoms with Crippen LogP contribution in [0.4, 0.5) is 10.1 Å². The lowest BCUT2D eigenvalue weighted by Gasteiger charge is -2.33. The lowest BCUT2D eigenvalue weighted by Crippen LogP contribution is -2.52. The van der Waals surface area contributed by atoms with E-state index in [9.17, 15) is 22.4 Å². The number of anilines is 1. The number of nitrogens with one attached hydrogen (secondary N) is 1. The molecule has 0 fully saturated rings. The molecule has 198 valence electrons. The molecule has 2 rings (SSSR count). The summed E-state index contributed by atoms with van der Waals surface area (Å²) in [5.74, 6) is -0.951. The van der Waals surface area contributed by atoms with Gasteiger partial charge in [-0.05, 0) is 54.2 Å². The van der Waals surface area contributed by atoms with E-state index in [1.165, 1.54) is 17.0 Å². The summed E-state index contributed by atoms with van der Waals surface area (Å²) in [4.78, 5) is 28.0. The Morgan fingerprint density at radius 2 is 1.61 bits per heavy atom. The van der Waals surface area contributed by atoms with Crippen LogP contribution in [0.3, 0.4) is 0 Å². The molecule has 0 aliphatic rings. The molecule has 36 heavy (non-hydrogen) atoms. The number of hydrogen-bond donors (Lipinski definition) is 1. The van der Waals surface area contributed by atoms with Crippen molar-refractivity contribution in [1.29, 1.82) is 0 Å². The van der Waals surface area contributed by atoms with Gasteiger partial charge in [-0.15, -0.1) is 0 Å². The maximum absolute atomic E-state index is 13.6. The first kappa shape index (κ1) is 29.3. The van der Waals surface area contributed by atoms with Crippen LogP contribution in [0.1, 0.15) is 64.0 Å². The van der Waals surface area contributed by atoms with Crippen LogP contribution in [-0.4, -0.2) is 50.5 Å². The number of nitrogens with zero attached hydrogens (tertiary/aromatic N) is 2. The van der Waals surface area contributed by atoms with Gasteiger partial charge in [0.1, 0.15) is 18.4 Å². The number of carbonyl (C=O) groups is 2. The van der Waals surface area contributed by atoms with Crippen molar-refractivity contribution in [3.05, 3.63) is 65.5 Å². The predicted octanol–water partition coefficient (Wildman–Crippen LogP) is 4.44. The van der Waals surface area contributed by atoms with Gasteiger partial charge in [-0.3, -0.25) is 13.9 Å². The van der Waals surface area contributed by atoms with E-state index >= 15 is 0 Å². The van der Waals surface area contributed by atoms with Gasteiger partial charge in [0, 0.05) is 13.1 Å². The van der Waals surface area contributed by atoms with Crippen LogP contribution in [0, 0.1) is 5.82 Å². The first-order valence-corrected chi connectivity index (χ1v) is 14.2. The van der Waals surface area contributed by atoms with Gasteiger partial charge in [0.05, 0.1) is 11.9 Å². The summed E-state index contributed by atoms with van der Waals surface area (Å²) in [5.41, 5.74) is 2.06. The van der Waals surface area contributed by atoms with Crippen LogP contribution < -0.4 is 9.62 Å². The lowest BCUT2D eigenvalue weighted by molar-refractivity contribution is -0.140. The topological polar surface area (TPSA) is 86.8 Å². The number of unbranched alkanes of at least 4 members (excludes halogenated alkanes) is 1. The highest BCUT2D eigenvalue weighted by atomic mass is 32.2. The molecule has 0 aromatic heterocycles. The molecule has 1 N–H and O–H groups in total. The molecule has 2 aromatic rings. The fraction of sp³-hybridized carbons (Fsp3) is 0.481. The minimum Gasteiger partial charge on any atom is -0.354 e. The normalized spacial score (nSPS) is 12.3.